The maximum Gasteiger partial charge on any atom is 0.272 e. The number of hydrogen-bond donors (Lipinski definition) is 3. The molecule has 6 aromatic rings. The number of aromatic amines is 1. The third-order valence-corrected chi connectivity index (χ3v) is 7.07. The molecule has 0 spiro atoms. The number of fused-ring (bicyclic) bond motifs is 4. The average Bonchev–Trinajstić information content (AvgIpc) is 3.33. The van der Waals surface area contributed by atoms with Gasteiger partial charge in [0, 0.05) is 39.3 Å². The van der Waals surface area contributed by atoms with Gasteiger partial charge in [0.25, 0.3) is 17.4 Å². The van der Waals surface area contributed by atoms with E-state index in [1.807, 2.05) is 30.3 Å². The summed E-state index contributed by atoms with van der Waals surface area (Å²) in [6.07, 6.45) is 1.56. The Bertz CT molecular complexity index is 2010. The largest absolute Gasteiger partial charge is 0.341 e. The van der Waals surface area contributed by atoms with Gasteiger partial charge >= 0.3 is 0 Å². The number of hydrazone groups is 1. The summed E-state index contributed by atoms with van der Waals surface area (Å²) < 4.78 is 2.26. The smallest absolute Gasteiger partial charge is 0.272 e. The Labute approximate surface area is 234 Å². The summed E-state index contributed by atoms with van der Waals surface area (Å²) in [6, 6.07) is 28.4. The second-order valence-electron chi connectivity index (χ2n) is 9.53. The van der Waals surface area contributed by atoms with Crippen LogP contribution in [0.1, 0.15) is 34.6 Å². The molecule has 0 fully saturated rings. The molecule has 3 N–H and O–H groups in total. The Balaban J connectivity index is 1.32. The lowest BCUT2D eigenvalue weighted by Gasteiger charge is -2.18. The molecule has 0 saturated carbocycles. The number of hydrogen-bond acceptors (Lipinski definition) is 5. The van der Waals surface area contributed by atoms with Crippen molar-refractivity contribution in [2.24, 2.45) is 5.10 Å². The number of rotatable bonds is 7. The maximum absolute atomic E-state index is 13.5. The van der Waals surface area contributed by atoms with Gasteiger partial charge in [0.05, 0.1) is 11.6 Å². The molecule has 4 aromatic carbocycles. The topological polar surface area (TPSA) is 121 Å². The number of benzene rings is 4. The molecular weight excluding hydrogens is 516 g/mol. The first-order valence-corrected chi connectivity index (χ1v) is 13.2. The van der Waals surface area contributed by atoms with Crippen molar-refractivity contribution < 1.29 is 9.59 Å². The summed E-state index contributed by atoms with van der Waals surface area (Å²) >= 11 is 0. The van der Waals surface area contributed by atoms with E-state index in [0.717, 1.165) is 33.9 Å². The zero-order chi connectivity index (χ0) is 28.3. The summed E-state index contributed by atoms with van der Waals surface area (Å²) in [6.45, 7) is 2.96. The van der Waals surface area contributed by atoms with Gasteiger partial charge in [0.2, 0.25) is 0 Å². The van der Waals surface area contributed by atoms with Crippen LogP contribution in [-0.4, -0.2) is 32.8 Å². The monoisotopic (exact) mass is 542 g/mol. The molecule has 0 aliphatic rings. The van der Waals surface area contributed by atoms with Crippen molar-refractivity contribution in [1.82, 2.24) is 25.5 Å². The summed E-state index contributed by atoms with van der Waals surface area (Å²) in [4.78, 5) is 38.9. The second kappa shape index (κ2) is 10.9. The van der Waals surface area contributed by atoms with E-state index in [2.05, 4.69) is 49.7 Å². The fraction of sp³-hybridized carbons (Fsp3) is 0.0938. The van der Waals surface area contributed by atoms with Gasteiger partial charge in [0.1, 0.15) is 5.69 Å². The molecule has 1 atom stereocenters. The zero-order valence-corrected chi connectivity index (χ0v) is 22.2. The van der Waals surface area contributed by atoms with Crippen molar-refractivity contribution >= 4 is 50.6 Å². The normalized spacial score (nSPS) is 12.2. The number of carbonyl (C=O) groups is 2. The van der Waals surface area contributed by atoms with Crippen molar-refractivity contribution in [1.29, 1.82) is 0 Å². The minimum atomic E-state index is -1.23. The Hall–Kier alpha value is -5.57. The summed E-state index contributed by atoms with van der Waals surface area (Å²) in [5, 5.41) is 16.6. The Kier molecular flexibility index (Phi) is 6.83. The van der Waals surface area contributed by atoms with E-state index in [-0.39, 0.29) is 5.69 Å². The number of nitrogens with zero attached hydrogens (tertiary/aromatic N) is 3. The van der Waals surface area contributed by atoms with Crippen LogP contribution >= 0.6 is 0 Å². The number of H-pyrrole nitrogens is 1. The van der Waals surface area contributed by atoms with Gasteiger partial charge in [-0.1, -0.05) is 60.7 Å². The minimum absolute atomic E-state index is 0.200. The SMILES string of the molecule is CCn1c2ccccc2c2cc(/C=N\NC(=O)C(NC(=O)c3ccccc3)c3n[nH]c(=O)c4ccccc34)ccc21. The van der Waals surface area contributed by atoms with Gasteiger partial charge in [-0.3, -0.25) is 14.4 Å². The fourth-order valence-corrected chi connectivity index (χ4v) is 5.15. The predicted octanol–water partition coefficient (Wildman–Crippen LogP) is 4.67. The highest BCUT2D eigenvalue weighted by atomic mass is 16.2. The number of carbonyl (C=O) groups excluding carboxylic acids is 2. The number of aromatic nitrogens is 3. The summed E-state index contributed by atoms with van der Waals surface area (Å²) in [7, 11) is 0. The van der Waals surface area contributed by atoms with E-state index in [9.17, 15) is 14.4 Å². The summed E-state index contributed by atoms with van der Waals surface area (Å²) in [5.74, 6) is -1.08. The van der Waals surface area contributed by atoms with Gasteiger partial charge in [0.15, 0.2) is 6.04 Å². The Morgan fingerprint density at radius 2 is 1.56 bits per heavy atom. The van der Waals surface area contributed by atoms with E-state index in [1.165, 1.54) is 0 Å². The molecule has 9 nitrogen and oxygen atoms in total. The molecule has 0 aliphatic carbocycles. The van der Waals surface area contributed by atoms with Crippen molar-refractivity contribution in [3.8, 4) is 0 Å². The highest BCUT2D eigenvalue weighted by Gasteiger charge is 2.27. The van der Waals surface area contributed by atoms with Crippen molar-refractivity contribution in [3.05, 3.63) is 124 Å². The number of aryl methyl sites for hydroxylation is 1. The average molecular weight is 543 g/mol. The molecule has 1 unspecified atom stereocenters. The molecule has 202 valence electrons. The standard InChI is InChI=1S/C32H26N6O3/c1-2-38-26-15-9-8-12-22(26)25-18-20(16-17-27(25)38)19-33-36-32(41)29(34-30(39)21-10-4-3-5-11-21)28-23-13-6-7-14-24(23)31(40)37-35-28/h3-19,29H,2H2,1H3,(H,34,39)(H,36,41)(H,37,40)/b33-19-. The maximum atomic E-state index is 13.5. The minimum Gasteiger partial charge on any atom is -0.341 e. The molecule has 9 heteroatoms. The molecule has 0 aliphatic heterocycles. The van der Waals surface area contributed by atoms with Crippen LogP contribution in [0.25, 0.3) is 32.6 Å². The molecule has 2 aromatic heterocycles. The molecule has 2 heterocycles. The second-order valence-corrected chi connectivity index (χ2v) is 9.53. The van der Waals surface area contributed by atoms with Crippen LogP contribution in [0.2, 0.25) is 0 Å². The molecule has 2 amide bonds. The third-order valence-electron chi connectivity index (χ3n) is 7.07. The van der Waals surface area contributed by atoms with E-state index in [0.29, 0.717) is 16.3 Å². The van der Waals surface area contributed by atoms with Crippen molar-refractivity contribution in [3.63, 3.8) is 0 Å². The van der Waals surface area contributed by atoms with Gasteiger partial charge in [-0.05, 0) is 48.9 Å². The van der Waals surface area contributed by atoms with Gasteiger partial charge < -0.3 is 9.88 Å². The molecule has 0 saturated heterocycles. The number of nitrogens with one attached hydrogen (secondary N) is 3. The quantitative estimate of drug-likeness (QED) is 0.200. The van der Waals surface area contributed by atoms with Crippen LogP contribution in [0.3, 0.4) is 0 Å². The van der Waals surface area contributed by atoms with Crippen LogP contribution < -0.4 is 16.3 Å². The van der Waals surface area contributed by atoms with E-state index in [4.69, 9.17) is 0 Å². The Morgan fingerprint density at radius 3 is 2.34 bits per heavy atom. The van der Waals surface area contributed by atoms with Crippen LogP contribution in [0, 0.1) is 0 Å². The fourth-order valence-electron chi connectivity index (χ4n) is 5.15. The lowest BCUT2D eigenvalue weighted by molar-refractivity contribution is -0.123. The first-order chi connectivity index (χ1) is 20.0. The van der Waals surface area contributed by atoms with Crippen LogP contribution in [0.5, 0.6) is 0 Å². The summed E-state index contributed by atoms with van der Waals surface area (Å²) in [5.41, 5.74) is 5.81. The zero-order valence-electron chi connectivity index (χ0n) is 22.2. The van der Waals surface area contributed by atoms with E-state index >= 15 is 0 Å². The molecule has 0 bridgehead atoms. The molecule has 0 radical (unpaired) electrons. The number of para-hydroxylation sites is 1. The van der Waals surface area contributed by atoms with Gasteiger partial charge in [-0.15, -0.1) is 0 Å². The van der Waals surface area contributed by atoms with Crippen LogP contribution in [0.4, 0.5) is 0 Å². The first kappa shape index (κ1) is 25.7. The van der Waals surface area contributed by atoms with Crippen molar-refractivity contribution in [2.45, 2.75) is 19.5 Å². The Morgan fingerprint density at radius 1 is 0.878 bits per heavy atom. The highest BCUT2D eigenvalue weighted by Crippen LogP contribution is 2.29. The molecule has 41 heavy (non-hydrogen) atoms. The van der Waals surface area contributed by atoms with Crippen molar-refractivity contribution in [2.75, 3.05) is 0 Å². The predicted molar refractivity (Wildman–Crippen MR) is 160 cm³/mol. The lowest BCUT2D eigenvalue weighted by Crippen LogP contribution is -2.40. The van der Waals surface area contributed by atoms with Gasteiger partial charge in [-0.2, -0.15) is 10.2 Å². The van der Waals surface area contributed by atoms with Crippen LogP contribution in [-0.2, 0) is 11.3 Å². The highest BCUT2D eigenvalue weighted by molar-refractivity contribution is 6.09. The first-order valence-electron chi connectivity index (χ1n) is 13.2. The van der Waals surface area contributed by atoms with E-state index in [1.54, 1.807) is 60.8 Å². The van der Waals surface area contributed by atoms with E-state index < -0.39 is 23.4 Å². The van der Waals surface area contributed by atoms with Gasteiger partial charge in [-0.25, -0.2) is 10.5 Å². The molecule has 6 rings (SSSR count). The lowest BCUT2D eigenvalue weighted by atomic mass is 10.0. The third kappa shape index (κ3) is 4.85. The number of amides is 2. The van der Waals surface area contributed by atoms with Crippen LogP contribution in [0.15, 0.2) is 107 Å². The molecular formula is C32H26N6O3.